The first kappa shape index (κ1) is 15.5. The molecular weight excluding hydrogens is 294 g/mol. The van der Waals surface area contributed by atoms with Crippen molar-refractivity contribution in [2.75, 3.05) is 25.5 Å². The van der Waals surface area contributed by atoms with Crippen LogP contribution in [0.2, 0.25) is 0 Å². The summed E-state index contributed by atoms with van der Waals surface area (Å²) in [6.07, 6.45) is -0.0827. The van der Waals surface area contributed by atoms with Crippen molar-refractivity contribution >= 4 is 11.4 Å². The van der Waals surface area contributed by atoms with Crippen LogP contribution in [0.25, 0.3) is 0 Å². The minimum atomic E-state index is -0.388. The number of anilines is 1. The zero-order chi connectivity index (χ0) is 16.4. The van der Waals surface area contributed by atoms with Crippen LogP contribution in [-0.2, 0) is 4.74 Å². The van der Waals surface area contributed by atoms with E-state index in [-0.39, 0.29) is 22.9 Å². The van der Waals surface area contributed by atoms with Crippen molar-refractivity contribution in [1.82, 2.24) is 0 Å². The molecule has 0 bridgehead atoms. The highest BCUT2D eigenvalue weighted by molar-refractivity contribution is 5.46. The first-order valence-corrected chi connectivity index (χ1v) is 7.55. The van der Waals surface area contributed by atoms with Crippen LogP contribution in [0.3, 0.4) is 0 Å². The van der Waals surface area contributed by atoms with E-state index in [1.807, 2.05) is 14.1 Å². The monoisotopic (exact) mass is 314 g/mol. The minimum absolute atomic E-state index is 0.0357. The van der Waals surface area contributed by atoms with Crippen LogP contribution in [0.15, 0.2) is 48.5 Å². The maximum absolute atomic E-state index is 10.7. The van der Waals surface area contributed by atoms with Crippen LogP contribution in [0.1, 0.15) is 23.5 Å². The van der Waals surface area contributed by atoms with Gasteiger partial charge in [0, 0.05) is 37.5 Å². The molecule has 23 heavy (non-hydrogen) atoms. The number of non-ortho nitro benzene ring substituents is 1. The van der Waals surface area contributed by atoms with E-state index in [0.29, 0.717) is 0 Å². The Hall–Kier alpha value is -2.44. The molecule has 0 spiro atoms. The summed E-state index contributed by atoms with van der Waals surface area (Å²) in [7, 11) is 4.02. The summed E-state index contributed by atoms with van der Waals surface area (Å²) >= 11 is 0. The standard InChI is InChI=1S/C17H19N3O3/c1-19(2)14-7-5-13(6-8-14)17-18-11-16(23-17)12-3-9-15(10-4-12)20(21)22/h3-10,16-18H,11H2,1-2H3/p+1/t16-,17+/m0/s1. The molecule has 0 aromatic heterocycles. The second-order valence-corrected chi connectivity index (χ2v) is 5.85. The van der Waals surface area contributed by atoms with Gasteiger partial charge in [0.1, 0.15) is 12.6 Å². The molecule has 1 aliphatic rings. The van der Waals surface area contributed by atoms with E-state index in [9.17, 15) is 10.1 Å². The van der Waals surface area contributed by atoms with Crippen LogP contribution in [0.4, 0.5) is 11.4 Å². The van der Waals surface area contributed by atoms with Crippen LogP contribution in [-0.4, -0.2) is 25.6 Å². The first-order chi connectivity index (χ1) is 11.0. The van der Waals surface area contributed by atoms with Gasteiger partial charge in [0.05, 0.1) is 4.92 Å². The predicted octanol–water partition coefficient (Wildman–Crippen LogP) is 1.99. The Balaban J connectivity index is 1.69. The minimum Gasteiger partial charge on any atom is -0.378 e. The Morgan fingerprint density at radius 1 is 1.09 bits per heavy atom. The third kappa shape index (κ3) is 3.33. The smallest absolute Gasteiger partial charge is 0.269 e. The van der Waals surface area contributed by atoms with Crippen molar-refractivity contribution in [2.45, 2.75) is 12.3 Å². The van der Waals surface area contributed by atoms with E-state index in [2.05, 4.69) is 34.5 Å². The summed E-state index contributed by atoms with van der Waals surface area (Å²) in [4.78, 5) is 12.4. The van der Waals surface area contributed by atoms with Gasteiger partial charge in [-0.25, -0.2) is 0 Å². The lowest BCUT2D eigenvalue weighted by molar-refractivity contribution is -0.698. The van der Waals surface area contributed by atoms with E-state index in [1.165, 1.54) is 12.1 Å². The summed E-state index contributed by atoms with van der Waals surface area (Å²) < 4.78 is 6.10. The second-order valence-electron chi connectivity index (χ2n) is 5.85. The van der Waals surface area contributed by atoms with Gasteiger partial charge in [-0.15, -0.1) is 0 Å². The van der Waals surface area contributed by atoms with E-state index in [1.54, 1.807) is 12.1 Å². The molecule has 2 aromatic rings. The number of nitrogens with zero attached hydrogens (tertiary/aromatic N) is 2. The zero-order valence-corrected chi connectivity index (χ0v) is 13.2. The van der Waals surface area contributed by atoms with Crippen molar-refractivity contribution < 1.29 is 15.0 Å². The Labute approximate surface area is 134 Å². The number of nitro groups is 1. The molecule has 1 fully saturated rings. The molecule has 3 rings (SSSR count). The van der Waals surface area contributed by atoms with Gasteiger partial charge in [-0.1, -0.05) is 0 Å². The van der Waals surface area contributed by atoms with Crippen LogP contribution in [0.5, 0.6) is 0 Å². The van der Waals surface area contributed by atoms with Gasteiger partial charge in [0.15, 0.2) is 0 Å². The van der Waals surface area contributed by atoms with Crippen molar-refractivity contribution in [1.29, 1.82) is 0 Å². The molecule has 6 nitrogen and oxygen atoms in total. The van der Waals surface area contributed by atoms with E-state index in [0.717, 1.165) is 23.4 Å². The molecule has 0 aliphatic carbocycles. The van der Waals surface area contributed by atoms with Crippen molar-refractivity contribution in [2.24, 2.45) is 0 Å². The molecule has 0 radical (unpaired) electrons. The van der Waals surface area contributed by atoms with Crippen LogP contribution < -0.4 is 10.2 Å². The fraction of sp³-hybridized carbons (Fsp3) is 0.294. The van der Waals surface area contributed by atoms with Crippen LogP contribution >= 0.6 is 0 Å². The molecule has 0 unspecified atom stereocenters. The number of hydrogen-bond donors (Lipinski definition) is 1. The Morgan fingerprint density at radius 3 is 2.26 bits per heavy atom. The molecule has 2 N–H and O–H groups in total. The molecule has 1 aliphatic heterocycles. The highest BCUT2D eigenvalue weighted by Crippen LogP contribution is 2.28. The van der Waals surface area contributed by atoms with E-state index >= 15 is 0 Å². The quantitative estimate of drug-likeness (QED) is 0.692. The summed E-state index contributed by atoms with van der Waals surface area (Å²) in [6, 6.07) is 14.9. The number of quaternary nitrogens is 1. The molecule has 1 saturated heterocycles. The third-order valence-corrected chi connectivity index (χ3v) is 4.09. The topological polar surface area (TPSA) is 72.2 Å². The third-order valence-electron chi connectivity index (χ3n) is 4.09. The van der Waals surface area contributed by atoms with Crippen molar-refractivity contribution in [3.8, 4) is 0 Å². The highest BCUT2D eigenvalue weighted by atomic mass is 16.6. The number of nitro benzene ring substituents is 1. The average Bonchev–Trinajstić information content (AvgIpc) is 3.05. The summed E-state index contributed by atoms with van der Waals surface area (Å²) in [5.74, 6) is 0. The molecule has 6 heteroatoms. The molecule has 2 aromatic carbocycles. The van der Waals surface area contributed by atoms with Gasteiger partial charge >= 0.3 is 0 Å². The second kappa shape index (κ2) is 6.36. The molecule has 120 valence electrons. The maximum Gasteiger partial charge on any atom is 0.269 e. The lowest BCUT2D eigenvalue weighted by Gasteiger charge is -2.14. The van der Waals surface area contributed by atoms with Gasteiger partial charge in [-0.3, -0.25) is 10.1 Å². The van der Waals surface area contributed by atoms with Gasteiger partial charge in [-0.2, -0.15) is 0 Å². The number of nitrogens with two attached hydrogens (primary N) is 1. The summed E-state index contributed by atoms with van der Waals surface area (Å²) in [6.45, 7) is 0.803. The van der Waals surface area contributed by atoms with Crippen molar-refractivity contribution in [3.05, 3.63) is 69.8 Å². The highest BCUT2D eigenvalue weighted by Gasteiger charge is 2.31. The van der Waals surface area contributed by atoms with Crippen LogP contribution in [0, 0.1) is 10.1 Å². The lowest BCUT2D eigenvalue weighted by atomic mass is 10.1. The predicted molar refractivity (Wildman–Crippen MR) is 87.2 cm³/mol. The lowest BCUT2D eigenvalue weighted by Crippen LogP contribution is -2.82. The number of rotatable bonds is 4. The molecule has 0 saturated carbocycles. The zero-order valence-electron chi connectivity index (χ0n) is 13.2. The van der Waals surface area contributed by atoms with Gasteiger partial charge in [-0.05, 0) is 42.0 Å². The first-order valence-electron chi connectivity index (χ1n) is 7.55. The van der Waals surface area contributed by atoms with Gasteiger partial charge < -0.3 is 15.0 Å². The van der Waals surface area contributed by atoms with E-state index < -0.39 is 0 Å². The number of benzene rings is 2. The summed E-state index contributed by atoms with van der Waals surface area (Å²) in [5, 5.41) is 12.9. The Morgan fingerprint density at radius 2 is 1.70 bits per heavy atom. The molecule has 1 heterocycles. The average molecular weight is 314 g/mol. The normalized spacial score (nSPS) is 20.4. The Bertz CT molecular complexity index is 683. The fourth-order valence-corrected chi connectivity index (χ4v) is 2.74. The van der Waals surface area contributed by atoms with Crippen molar-refractivity contribution in [3.63, 3.8) is 0 Å². The maximum atomic E-state index is 10.7. The molecule has 2 atom stereocenters. The number of hydrogen-bond acceptors (Lipinski definition) is 4. The molecular formula is C17H20N3O3+. The fourth-order valence-electron chi connectivity index (χ4n) is 2.74. The largest absolute Gasteiger partial charge is 0.378 e. The van der Waals surface area contributed by atoms with Gasteiger partial charge in [0.2, 0.25) is 6.23 Å². The SMILES string of the molecule is CN(C)c1ccc([C@@H]2[NH2+]C[C@@H](c3ccc([N+](=O)[O-])cc3)O2)cc1. The Kier molecular flexibility index (Phi) is 4.27. The van der Waals surface area contributed by atoms with Gasteiger partial charge in [0.25, 0.3) is 5.69 Å². The van der Waals surface area contributed by atoms with E-state index in [4.69, 9.17) is 4.74 Å². The molecule has 0 amide bonds. The number of ether oxygens (including phenoxy) is 1. The summed E-state index contributed by atoms with van der Waals surface area (Å²) in [5.41, 5.74) is 3.35.